The van der Waals surface area contributed by atoms with Crippen LogP contribution < -0.4 is 8.61 Å². The molecule has 0 radical (unpaired) electrons. The Kier molecular flexibility index (Phi) is 3.24. The van der Waals surface area contributed by atoms with Gasteiger partial charge in [0, 0.05) is 13.6 Å². The minimum absolute atomic E-state index is 0.705. The lowest BCUT2D eigenvalue weighted by Crippen LogP contribution is -2.16. The predicted molar refractivity (Wildman–Crippen MR) is 92.7 cm³/mol. The van der Waals surface area contributed by atoms with Gasteiger partial charge in [-0.3, -0.25) is 8.61 Å². The quantitative estimate of drug-likeness (QED) is 0.784. The molecule has 2 aliphatic rings. The van der Waals surface area contributed by atoms with Crippen LogP contribution in [0, 0.1) is 17.2 Å². The van der Waals surface area contributed by atoms with E-state index in [1.165, 1.54) is 24.2 Å². The second-order valence-corrected chi connectivity index (χ2v) is 7.13. The monoisotopic (exact) mass is 307 g/mol. The van der Waals surface area contributed by atoms with Crippen molar-refractivity contribution < 1.29 is 0 Å². The first kappa shape index (κ1) is 13.5. The van der Waals surface area contributed by atoms with Crippen molar-refractivity contribution in [1.82, 2.24) is 0 Å². The zero-order valence-electron chi connectivity index (χ0n) is 12.5. The van der Waals surface area contributed by atoms with Crippen molar-refractivity contribution in [2.75, 3.05) is 22.2 Å². The highest BCUT2D eigenvalue weighted by Gasteiger charge is 2.31. The van der Waals surface area contributed by atoms with E-state index < -0.39 is 0 Å². The van der Waals surface area contributed by atoms with Crippen molar-refractivity contribution >= 4 is 23.5 Å². The van der Waals surface area contributed by atoms with Gasteiger partial charge in [-0.2, -0.15) is 5.26 Å². The third-order valence-electron chi connectivity index (χ3n) is 4.25. The molecule has 1 aliphatic carbocycles. The number of hydrogen-bond donors (Lipinski definition) is 0. The average molecular weight is 307 g/mol. The standard InChI is InChI=1S/C18H17N3S/c1-20-18-10-16(15-4-2-3-14(9-15)11-19)7-8-17(18)21(22-20)12-13-5-6-13/h2-4,7-10,13H,5-6,12H2,1H3. The fourth-order valence-corrected chi connectivity index (χ4v) is 3.89. The van der Waals surface area contributed by atoms with E-state index in [9.17, 15) is 0 Å². The molecule has 1 heterocycles. The van der Waals surface area contributed by atoms with Crippen molar-refractivity contribution in [1.29, 1.82) is 5.26 Å². The molecule has 0 bridgehead atoms. The molecule has 0 spiro atoms. The highest BCUT2D eigenvalue weighted by molar-refractivity contribution is 8.02. The minimum Gasteiger partial charge on any atom is -0.300 e. The number of benzene rings is 2. The van der Waals surface area contributed by atoms with Crippen LogP contribution in [-0.4, -0.2) is 13.6 Å². The average Bonchev–Trinajstić information content (AvgIpc) is 3.32. The second-order valence-electron chi connectivity index (χ2n) is 5.98. The fourth-order valence-electron chi connectivity index (χ4n) is 2.84. The smallest absolute Gasteiger partial charge is 0.0991 e. The number of anilines is 2. The molecular weight excluding hydrogens is 290 g/mol. The topological polar surface area (TPSA) is 30.3 Å². The van der Waals surface area contributed by atoms with E-state index in [1.54, 1.807) is 12.1 Å². The molecule has 0 saturated heterocycles. The third kappa shape index (κ3) is 2.42. The van der Waals surface area contributed by atoms with E-state index in [4.69, 9.17) is 5.26 Å². The van der Waals surface area contributed by atoms with Gasteiger partial charge in [0.15, 0.2) is 0 Å². The maximum Gasteiger partial charge on any atom is 0.0991 e. The van der Waals surface area contributed by atoms with Gasteiger partial charge in [-0.1, -0.05) is 18.2 Å². The highest BCUT2D eigenvalue weighted by Crippen LogP contribution is 2.47. The summed E-state index contributed by atoms with van der Waals surface area (Å²) < 4.78 is 4.64. The molecule has 0 aromatic heterocycles. The first-order chi connectivity index (χ1) is 10.7. The first-order valence-corrected chi connectivity index (χ1v) is 8.31. The van der Waals surface area contributed by atoms with Crippen LogP contribution >= 0.6 is 12.1 Å². The van der Waals surface area contributed by atoms with Crippen molar-refractivity contribution in [3.8, 4) is 17.2 Å². The van der Waals surface area contributed by atoms with Crippen LogP contribution in [0.5, 0.6) is 0 Å². The molecular formula is C18H17N3S. The molecule has 0 unspecified atom stereocenters. The lowest BCUT2D eigenvalue weighted by molar-refractivity contribution is 0.852. The fraction of sp³-hybridized carbons (Fsp3) is 0.278. The van der Waals surface area contributed by atoms with Crippen LogP contribution in [0.4, 0.5) is 11.4 Å². The molecule has 1 saturated carbocycles. The van der Waals surface area contributed by atoms with Gasteiger partial charge in [0.2, 0.25) is 0 Å². The zero-order valence-corrected chi connectivity index (χ0v) is 13.3. The molecule has 0 N–H and O–H groups in total. The molecule has 0 amide bonds. The summed E-state index contributed by atoms with van der Waals surface area (Å²) in [6, 6.07) is 16.6. The SMILES string of the molecule is CN1SN(CC2CC2)c2ccc(-c3cccc(C#N)c3)cc21. The molecule has 2 aromatic carbocycles. The Bertz CT molecular complexity index is 761. The van der Waals surface area contributed by atoms with E-state index >= 15 is 0 Å². The Morgan fingerprint density at radius 2 is 1.95 bits per heavy atom. The Labute approximate surface area is 135 Å². The summed E-state index contributed by atoms with van der Waals surface area (Å²) in [4.78, 5) is 0. The van der Waals surface area contributed by atoms with Crippen molar-refractivity contribution in [2.45, 2.75) is 12.8 Å². The Morgan fingerprint density at radius 1 is 1.14 bits per heavy atom. The molecule has 110 valence electrons. The normalized spacial score (nSPS) is 16.5. The van der Waals surface area contributed by atoms with E-state index in [0.717, 1.165) is 23.6 Å². The van der Waals surface area contributed by atoms with Gasteiger partial charge in [0.1, 0.15) is 0 Å². The summed E-state index contributed by atoms with van der Waals surface area (Å²) in [6.07, 6.45) is 2.74. The molecule has 1 aliphatic heterocycles. The molecule has 1 fully saturated rings. The van der Waals surface area contributed by atoms with Gasteiger partial charge in [-0.15, -0.1) is 0 Å². The van der Waals surface area contributed by atoms with Gasteiger partial charge in [-0.25, -0.2) is 0 Å². The van der Waals surface area contributed by atoms with Gasteiger partial charge in [0.25, 0.3) is 0 Å². The molecule has 22 heavy (non-hydrogen) atoms. The molecule has 0 atom stereocenters. The number of nitriles is 1. The highest BCUT2D eigenvalue weighted by atomic mass is 32.2. The molecule has 2 aromatic rings. The lowest BCUT2D eigenvalue weighted by Gasteiger charge is -2.16. The summed E-state index contributed by atoms with van der Waals surface area (Å²) in [5.41, 5.74) is 5.53. The first-order valence-electron chi connectivity index (χ1n) is 7.58. The van der Waals surface area contributed by atoms with Crippen LogP contribution in [0.1, 0.15) is 18.4 Å². The Balaban J connectivity index is 1.69. The van der Waals surface area contributed by atoms with Crippen LogP contribution in [0.15, 0.2) is 42.5 Å². The Morgan fingerprint density at radius 3 is 2.73 bits per heavy atom. The number of nitrogens with zero attached hydrogens (tertiary/aromatic N) is 3. The maximum atomic E-state index is 9.06. The number of rotatable bonds is 3. The van der Waals surface area contributed by atoms with E-state index in [0.29, 0.717) is 5.56 Å². The summed E-state index contributed by atoms with van der Waals surface area (Å²) >= 11 is 1.79. The van der Waals surface area contributed by atoms with Crippen molar-refractivity contribution in [3.63, 3.8) is 0 Å². The number of fused-ring (bicyclic) bond motifs is 1. The van der Waals surface area contributed by atoms with Crippen LogP contribution in [-0.2, 0) is 0 Å². The summed E-state index contributed by atoms with van der Waals surface area (Å²) in [5.74, 6) is 0.874. The minimum atomic E-state index is 0.705. The zero-order chi connectivity index (χ0) is 15.1. The third-order valence-corrected chi connectivity index (χ3v) is 5.23. The van der Waals surface area contributed by atoms with Gasteiger partial charge < -0.3 is 0 Å². The van der Waals surface area contributed by atoms with Crippen LogP contribution in [0.25, 0.3) is 11.1 Å². The van der Waals surface area contributed by atoms with Gasteiger partial charge >= 0.3 is 0 Å². The molecule has 4 rings (SSSR count). The maximum absolute atomic E-state index is 9.06. The van der Waals surface area contributed by atoms with Crippen molar-refractivity contribution in [3.05, 3.63) is 48.0 Å². The van der Waals surface area contributed by atoms with Gasteiger partial charge in [0.05, 0.1) is 35.1 Å². The van der Waals surface area contributed by atoms with Crippen LogP contribution in [0.2, 0.25) is 0 Å². The second kappa shape index (κ2) is 5.26. The van der Waals surface area contributed by atoms with Gasteiger partial charge in [-0.05, 0) is 54.2 Å². The predicted octanol–water partition coefficient (Wildman–Crippen LogP) is 4.45. The lowest BCUT2D eigenvalue weighted by atomic mass is 10.0. The van der Waals surface area contributed by atoms with Crippen LogP contribution in [0.3, 0.4) is 0 Å². The molecule has 4 heteroatoms. The molecule has 3 nitrogen and oxygen atoms in total. The Hall–Kier alpha value is -2.12. The largest absolute Gasteiger partial charge is 0.300 e. The van der Waals surface area contributed by atoms with E-state index in [-0.39, 0.29) is 0 Å². The van der Waals surface area contributed by atoms with E-state index in [1.807, 2.05) is 18.2 Å². The summed E-state index contributed by atoms with van der Waals surface area (Å²) in [6.45, 7) is 1.14. The summed E-state index contributed by atoms with van der Waals surface area (Å²) in [7, 11) is 2.12. The van der Waals surface area contributed by atoms with Crippen molar-refractivity contribution in [2.24, 2.45) is 5.92 Å². The van der Waals surface area contributed by atoms with E-state index in [2.05, 4.69) is 46.0 Å². The summed E-state index contributed by atoms with van der Waals surface area (Å²) in [5, 5.41) is 9.06. The number of hydrogen-bond acceptors (Lipinski definition) is 4.